The summed E-state index contributed by atoms with van der Waals surface area (Å²) in [5.41, 5.74) is 6.17. The molecule has 0 unspecified atom stereocenters. The fraction of sp³-hybridized carbons (Fsp3) is 0.222. The number of carbonyl (C=O) groups excluding carboxylic acids is 1. The summed E-state index contributed by atoms with van der Waals surface area (Å²) in [7, 11) is 4.04. The number of ether oxygens (including phenoxy) is 1. The molecule has 0 saturated heterocycles. The van der Waals surface area contributed by atoms with Crippen LogP contribution < -0.4 is 20.1 Å². The Bertz CT molecular complexity index is 1250. The maximum atomic E-state index is 12.4. The van der Waals surface area contributed by atoms with Crippen LogP contribution in [0.4, 0.5) is 5.69 Å². The fourth-order valence-corrected chi connectivity index (χ4v) is 3.80. The predicted molar refractivity (Wildman–Crippen MR) is 124 cm³/mol. The zero-order chi connectivity index (χ0) is 21.6. The Kier molecular flexibility index (Phi) is 4.98. The third-order valence-corrected chi connectivity index (χ3v) is 5.66. The summed E-state index contributed by atoms with van der Waals surface area (Å²) in [6, 6.07) is 18.4. The highest BCUT2D eigenvalue weighted by Gasteiger charge is 2.21. The zero-order valence-corrected chi connectivity index (χ0v) is 18.2. The van der Waals surface area contributed by atoms with E-state index in [0.29, 0.717) is 0 Å². The highest BCUT2D eigenvalue weighted by molar-refractivity contribution is 5.98. The molecule has 0 amide bonds. The number of anilines is 1. The topological polar surface area (TPSA) is 29.5 Å². The third-order valence-electron chi connectivity index (χ3n) is 5.66. The molecule has 1 heterocycles. The van der Waals surface area contributed by atoms with Gasteiger partial charge < -0.3 is 9.64 Å². The number of Topliss-reactive ketones (excluding diaryl/α,β-unsaturated/α-hetero) is 1. The van der Waals surface area contributed by atoms with Crippen molar-refractivity contribution in [1.29, 1.82) is 0 Å². The van der Waals surface area contributed by atoms with Crippen molar-refractivity contribution in [1.82, 2.24) is 0 Å². The van der Waals surface area contributed by atoms with E-state index >= 15 is 0 Å². The summed E-state index contributed by atoms with van der Waals surface area (Å²) in [5, 5.41) is 2.01. The quantitative estimate of drug-likeness (QED) is 0.469. The first-order valence-corrected chi connectivity index (χ1v) is 10.2. The normalized spacial score (nSPS) is 12.3. The van der Waals surface area contributed by atoms with Crippen molar-refractivity contribution in [2.24, 2.45) is 5.92 Å². The second kappa shape index (κ2) is 7.49. The van der Waals surface area contributed by atoms with Crippen molar-refractivity contribution in [3.8, 4) is 11.5 Å². The molecule has 0 aliphatic carbocycles. The molecule has 3 aromatic rings. The molecule has 4 rings (SSSR count). The van der Waals surface area contributed by atoms with Crippen LogP contribution in [0.1, 0.15) is 40.9 Å². The number of aryl methyl sites for hydroxylation is 1. The van der Waals surface area contributed by atoms with E-state index in [1.165, 1.54) is 0 Å². The molecule has 1 aliphatic rings. The van der Waals surface area contributed by atoms with Gasteiger partial charge in [0.15, 0.2) is 5.78 Å². The summed E-state index contributed by atoms with van der Waals surface area (Å²) in [5.74, 6) is 1.78. The summed E-state index contributed by atoms with van der Waals surface area (Å²) >= 11 is 0. The number of hydrogen-bond acceptors (Lipinski definition) is 3. The summed E-state index contributed by atoms with van der Waals surface area (Å²) in [6.45, 7) is 10.1. The lowest BCUT2D eigenvalue weighted by atomic mass is 9.90. The maximum Gasteiger partial charge on any atom is 0.165 e. The number of rotatable bonds is 4. The smallest absolute Gasteiger partial charge is 0.165 e. The number of ketones is 1. The molecule has 1 aliphatic heterocycles. The zero-order valence-electron chi connectivity index (χ0n) is 18.2. The van der Waals surface area contributed by atoms with Gasteiger partial charge in [-0.15, -0.1) is 0 Å². The molecule has 0 fully saturated rings. The van der Waals surface area contributed by atoms with Crippen LogP contribution in [0.5, 0.6) is 11.5 Å². The molecule has 3 heteroatoms. The van der Waals surface area contributed by atoms with Crippen molar-refractivity contribution < 1.29 is 9.53 Å². The molecule has 3 aromatic carbocycles. The standard InChI is InChI=1S/C27H27NO2/c1-16(2)27(29)20-9-7-19(8-10-20)26-22-12-11-21(28(5)6)15-25(22)30-24-14-18(4)17(3)13-23(24)26/h7-16H,4H2,1-3,5-6H3. The Morgan fingerprint density at radius 2 is 1.67 bits per heavy atom. The van der Waals surface area contributed by atoms with E-state index in [1.807, 2.05) is 58.3 Å². The van der Waals surface area contributed by atoms with E-state index in [4.69, 9.17) is 4.74 Å². The predicted octanol–water partition coefficient (Wildman–Crippen LogP) is 4.66. The van der Waals surface area contributed by atoms with E-state index < -0.39 is 0 Å². The number of hydrogen-bond donors (Lipinski definition) is 0. The maximum absolute atomic E-state index is 12.4. The number of nitrogens with zero attached hydrogens (tertiary/aromatic N) is 1. The lowest BCUT2D eigenvalue weighted by molar-refractivity contribution is 0.0939. The first-order chi connectivity index (χ1) is 14.3. The van der Waals surface area contributed by atoms with E-state index in [0.717, 1.165) is 55.5 Å². The first kappa shape index (κ1) is 20.0. The minimum Gasteiger partial charge on any atom is -0.456 e. The molecule has 0 radical (unpaired) electrons. The van der Waals surface area contributed by atoms with Crippen LogP contribution in [0, 0.1) is 12.8 Å². The molecular weight excluding hydrogens is 370 g/mol. The highest BCUT2D eigenvalue weighted by atomic mass is 16.5. The summed E-state index contributed by atoms with van der Waals surface area (Å²) in [4.78, 5) is 14.4. The lowest BCUT2D eigenvalue weighted by Gasteiger charge is -2.24. The Morgan fingerprint density at radius 1 is 0.967 bits per heavy atom. The van der Waals surface area contributed by atoms with Crippen LogP contribution in [0.3, 0.4) is 0 Å². The second-order valence-corrected chi connectivity index (χ2v) is 8.42. The van der Waals surface area contributed by atoms with Crippen LogP contribution in [0.25, 0.3) is 12.2 Å². The lowest BCUT2D eigenvalue weighted by Crippen LogP contribution is -2.21. The molecule has 0 atom stereocenters. The second-order valence-electron chi connectivity index (χ2n) is 8.42. The van der Waals surface area contributed by atoms with Gasteiger partial charge in [0.1, 0.15) is 11.5 Å². The molecule has 0 bridgehead atoms. The summed E-state index contributed by atoms with van der Waals surface area (Å²) < 4.78 is 6.31. The van der Waals surface area contributed by atoms with Gasteiger partial charge in [-0.1, -0.05) is 44.7 Å². The van der Waals surface area contributed by atoms with Crippen molar-refractivity contribution in [2.45, 2.75) is 20.8 Å². The van der Waals surface area contributed by atoms with Gasteiger partial charge in [0.2, 0.25) is 0 Å². The molecule has 3 nitrogen and oxygen atoms in total. The van der Waals surface area contributed by atoms with Crippen LogP contribution in [-0.2, 0) is 0 Å². The van der Waals surface area contributed by atoms with E-state index in [9.17, 15) is 4.79 Å². The molecule has 152 valence electrons. The average Bonchev–Trinajstić information content (AvgIpc) is 2.72. The number of fused-ring (bicyclic) bond motifs is 2. The largest absolute Gasteiger partial charge is 0.456 e. The Morgan fingerprint density at radius 3 is 2.30 bits per heavy atom. The number of carbonyl (C=O) groups is 1. The Labute approximate surface area is 177 Å². The van der Waals surface area contributed by atoms with Crippen molar-refractivity contribution >= 4 is 23.6 Å². The van der Waals surface area contributed by atoms with Crippen LogP contribution in [0.15, 0.2) is 54.6 Å². The molecule has 0 spiro atoms. The third kappa shape index (κ3) is 3.41. The van der Waals surface area contributed by atoms with Gasteiger partial charge in [-0.05, 0) is 47.5 Å². The van der Waals surface area contributed by atoms with Crippen molar-refractivity contribution in [3.63, 3.8) is 0 Å². The monoisotopic (exact) mass is 397 g/mol. The first-order valence-electron chi connectivity index (χ1n) is 10.2. The highest BCUT2D eigenvalue weighted by Crippen LogP contribution is 2.38. The molecular formula is C27H27NO2. The van der Waals surface area contributed by atoms with Crippen LogP contribution in [-0.4, -0.2) is 19.9 Å². The summed E-state index contributed by atoms with van der Waals surface area (Å²) in [6.07, 6.45) is 0. The van der Waals surface area contributed by atoms with Crippen LogP contribution in [0.2, 0.25) is 0 Å². The van der Waals surface area contributed by atoms with Crippen molar-refractivity contribution in [2.75, 3.05) is 19.0 Å². The van der Waals surface area contributed by atoms with E-state index in [2.05, 4.69) is 42.7 Å². The Balaban J connectivity index is 1.97. The molecule has 30 heavy (non-hydrogen) atoms. The van der Waals surface area contributed by atoms with E-state index in [1.54, 1.807) is 0 Å². The minimum absolute atomic E-state index is 0.0179. The van der Waals surface area contributed by atoms with Gasteiger partial charge in [0.05, 0.1) is 0 Å². The average molecular weight is 398 g/mol. The van der Waals surface area contributed by atoms with Gasteiger partial charge >= 0.3 is 0 Å². The molecule has 0 N–H and O–H groups in total. The van der Waals surface area contributed by atoms with Gasteiger partial charge in [-0.25, -0.2) is 0 Å². The SMILES string of the molecule is C=c1cc2c(cc1C)=C(c1ccc(C(=O)C(C)C)cc1)c1ccc(N(C)C)cc1O2. The molecule has 0 aromatic heterocycles. The van der Waals surface area contributed by atoms with Gasteiger partial charge in [0, 0.05) is 53.7 Å². The number of benzene rings is 3. The molecule has 0 saturated carbocycles. The minimum atomic E-state index is -0.0179. The van der Waals surface area contributed by atoms with Gasteiger partial charge in [-0.2, -0.15) is 0 Å². The van der Waals surface area contributed by atoms with Gasteiger partial charge in [-0.3, -0.25) is 4.79 Å². The Hall–Kier alpha value is -3.33. The van der Waals surface area contributed by atoms with E-state index in [-0.39, 0.29) is 11.7 Å². The fourth-order valence-electron chi connectivity index (χ4n) is 3.80. The van der Waals surface area contributed by atoms with Crippen molar-refractivity contribution in [3.05, 3.63) is 87.3 Å². The van der Waals surface area contributed by atoms with Crippen LogP contribution >= 0.6 is 0 Å². The van der Waals surface area contributed by atoms with Gasteiger partial charge in [0.25, 0.3) is 0 Å².